The fourth-order valence-electron chi connectivity index (χ4n) is 3.67. The zero-order valence-electron chi connectivity index (χ0n) is 16.5. The number of esters is 1. The van der Waals surface area contributed by atoms with Crippen LogP contribution >= 0.6 is 0 Å². The Hall–Kier alpha value is -2.24. The van der Waals surface area contributed by atoms with Gasteiger partial charge in [0.05, 0.1) is 21.3 Å². The quantitative estimate of drug-likeness (QED) is 0.764. The summed E-state index contributed by atoms with van der Waals surface area (Å²) in [5, 5.41) is 0. The maximum atomic E-state index is 12.2. The minimum Gasteiger partial charge on any atom is -0.496 e. The second-order valence-corrected chi connectivity index (χ2v) is 7.72. The van der Waals surface area contributed by atoms with Crippen LogP contribution in [-0.4, -0.2) is 50.9 Å². The zero-order chi connectivity index (χ0) is 19.5. The Morgan fingerprint density at radius 3 is 2.35 bits per heavy atom. The van der Waals surface area contributed by atoms with Crippen molar-refractivity contribution in [1.82, 2.24) is 4.90 Å². The predicted molar refractivity (Wildman–Crippen MR) is 98.7 cm³/mol. The van der Waals surface area contributed by atoms with Crippen LogP contribution in [0, 0.1) is 5.41 Å². The Balaban J connectivity index is 2.30. The summed E-state index contributed by atoms with van der Waals surface area (Å²) in [5.41, 5.74) is 1.45. The number of amides is 1. The molecule has 0 aliphatic carbocycles. The van der Waals surface area contributed by atoms with Crippen LogP contribution in [0.25, 0.3) is 0 Å². The fraction of sp³-hybridized carbons (Fsp3) is 0.600. The molecule has 144 valence electrons. The highest BCUT2D eigenvalue weighted by Gasteiger charge is 2.39. The normalized spacial score (nSPS) is 20.5. The Kier molecular flexibility index (Phi) is 6.16. The first-order chi connectivity index (χ1) is 12.2. The van der Waals surface area contributed by atoms with Crippen LogP contribution in [0.1, 0.15) is 55.5 Å². The van der Waals surface area contributed by atoms with E-state index >= 15 is 0 Å². The molecule has 0 N–H and O–H groups in total. The molecule has 0 bridgehead atoms. The van der Waals surface area contributed by atoms with E-state index in [0.717, 1.165) is 18.4 Å². The number of hydrogen-bond acceptors (Lipinski definition) is 5. The van der Waals surface area contributed by atoms with E-state index in [1.54, 1.807) is 13.2 Å². The number of hydrogen-bond donors (Lipinski definition) is 0. The predicted octanol–water partition coefficient (Wildman–Crippen LogP) is 3.84. The van der Waals surface area contributed by atoms with Crippen molar-refractivity contribution in [3.8, 4) is 5.75 Å². The first-order valence-electron chi connectivity index (χ1n) is 8.83. The third kappa shape index (κ3) is 4.11. The number of rotatable bonds is 3. The van der Waals surface area contributed by atoms with Gasteiger partial charge in [-0.05, 0) is 41.9 Å². The Morgan fingerprint density at radius 2 is 1.81 bits per heavy atom. The summed E-state index contributed by atoms with van der Waals surface area (Å²) in [4.78, 5) is 25.8. The molecule has 0 radical (unpaired) electrons. The Bertz CT molecular complexity index is 665. The lowest BCUT2D eigenvalue weighted by atomic mass is 9.75. The van der Waals surface area contributed by atoms with E-state index in [2.05, 4.69) is 20.8 Å². The number of carbonyl (C=O) groups excluding carboxylic acids is 2. The molecule has 6 heteroatoms. The highest BCUT2D eigenvalue weighted by Crippen LogP contribution is 2.40. The molecule has 0 saturated carbocycles. The molecule has 26 heavy (non-hydrogen) atoms. The number of carbonyl (C=O) groups is 2. The van der Waals surface area contributed by atoms with Crippen molar-refractivity contribution in [3.05, 3.63) is 29.3 Å². The Morgan fingerprint density at radius 1 is 1.12 bits per heavy atom. The summed E-state index contributed by atoms with van der Waals surface area (Å²) >= 11 is 0. The lowest BCUT2D eigenvalue weighted by molar-refractivity contribution is 0.0428. The molecule has 2 atom stereocenters. The van der Waals surface area contributed by atoms with Crippen molar-refractivity contribution in [2.45, 2.75) is 45.6 Å². The van der Waals surface area contributed by atoms with Gasteiger partial charge in [0.15, 0.2) is 0 Å². The smallest absolute Gasteiger partial charge is 0.409 e. The molecule has 2 rings (SSSR count). The molecular formula is C20H29NO5. The molecule has 2 unspecified atom stereocenters. The van der Waals surface area contributed by atoms with Gasteiger partial charge < -0.3 is 19.1 Å². The number of ether oxygens (including phenoxy) is 3. The van der Waals surface area contributed by atoms with Crippen molar-refractivity contribution in [3.63, 3.8) is 0 Å². The first-order valence-corrected chi connectivity index (χ1v) is 8.83. The van der Waals surface area contributed by atoms with Gasteiger partial charge in [0, 0.05) is 12.6 Å². The van der Waals surface area contributed by atoms with Gasteiger partial charge in [-0.25, -0.2) is 9.59 Å². The third-order valence-corrected chi connectivity index (χ3v) is 5.11. The summed E-state index contributed by atoms with van der Waals surface area (Å²) in [5.74, 6) is 0.374. The standard InChI is InChI=1S/C20H29NO5/c1-20(2,3)17-12-14(9-10-21(17)19(23)26-6)13-7-8-15(18(22)25-5)16(11-13)24-4/h7-8,11,14,17H,9-10,12H2,1-6H3. The topological polar surface area (TPSA) is 65.1 Å². The van der Waals surface area contributed by atoms with E-state index in [-0.39, 0.29) is 23.5 Å². The van der Waals surface area contributed by atoms with Gasteiger partial charge in [-0.2, -0.15) is 0 Å². The SMILES string of the molecule is COC(=O)c1ccc(C2CCN(C(=O)OC)C(C(C)(C)C)C2)cc1OC. The van der Waals surface area contributed by atoms with Gasteiger partial charge in [0.25, 0.3) is 0 Å². The van der Waals surface area contributed by atoms with Gasteiger partial charge in [0.1, 0.15) is 11.3 Å². The van der Waals surface area contributed by atoms with E-state index in [0.29, 0.717) is 17.9 Å². The second kappa shape index (κ2) is 7.98. The van der Waals surface area contributed by atoms with E-state index in [1.807, 2.05) is 17.0 Å². The minimum atomic E-state index is -0.415. The van der Waals surface area contributed by atoms with Gasteiger partial charge in [-0.3, -0.25) is 0 Å². The van der Waals surface area contributed by atoms with Crippen molar-refractivity contribution in [2.24, 2.45) is 5.41 Å². The van der Waals surface area contributed by atoms with E-state index in [9.17, 15) is 9.59 Å². The average molecular weight is 363 g/mol. The highest BCUT2D eigenvalue weighted by molar-refractivity contribution is 5.92. The number of likely N-dealkylation sites (tertiary alicyclic amines) is 1. The molecule has 1 aliphatic heterocycles. The minimum absolute atomic E-state index is 0.0666. The number of methoxy groups -OCH3 is 3. The summed E-state index contributed by atoms with van der Waals surface area (Å²) < 4.78 is 15.1. The van der Waals surface area contributed by atoms with Gasteiger partial charge in [0.2, 0.25) is 0 Å². The van der Waals surface area contributed by atoms with E-state index in [4.69, 9.17) is 14.2 Å². The maximum absolute atomic E-state index is 12.2. The number of piperidine rings is 1. The molecular weight excluding hydrogens is 334 g/mol. The van der Waals surface area contributed by atoms with Crippen molar-refractivity contribution >= 4 is 12.1 Å². The van der Waals surface area contributed by atoms with Crippen LogP contribution < -0.4 is 4.74 Å². The molecule has 1 aromatic carbocycles. The van der Waals surface area contributed by atoms with E-state index < -0.39 is 5.97 Å². The lowest BCUT2D eigenvalue weighted by Crippen LogP contribution is -2.51. The molecule has 1 aliphatic rings. The van der Waals surface area contributed by atoms with Crippen LogP contribution in [0.5, 0.6) is 5.75 Å². The average Bonchev–Trinajstić information content (AvgIpc) is 2.64. The van der Waals surface area contributed by atoms with Crippen LogP contribution in [0.3, 0.4) is 0 Å². The zero-order valence-corrected chi connectivity index (χ0v) is 16.5. The Labute approximate surface area is 155 Å². The largest absolute Gasteiger partial charge is 0.496 e. The molecule has 0 aromatic heterocycles. The summed E-state index contributed by atoms with van der Waals surface area (Å²) in [6, 6.07) is 5.68. The summed E-state index contributed by atoms with van der Waals surface area (Å²) in [7, 11) is 4.32. The fourth-order valence-corrected chi connectivity index (χ4v) is 3.67. The molecule has 1 saturated heterocycles. The molecule has 1 fully saturated rings. The van der Waals surface area contributed by atoms with Crippen molar-refractivity contribution in [2.75, 3.05) is 27.9 Å². The monoisotopic (exact) mass is 363 g/mol. The van der Waals surface area contributed by atoms with Gasteiger partial charge in [-0.15, -0.1) is 0 Å². The first kappa shape index (κ1) is 20.1. The van der Waals surface area contributed by atoms with Crippen LogP contribution in [0.15, 0.2) is 18.2 Å². The molecule has 1 aromatic rings. The summed E-state index contributed by atoms with van der Waals surface area (Å²) in [6.07, 6.45) is 1.39. The number of nitrogens with zero attached hydrogens (tertiary/aromatic N) is 1. The molecule has 6 nitrogen and oxygen atoms in total. The maximum Gasteiger partial charge on any atom is 0.409 e. The van der Waals surface area contributed by atoms with Crippen molar-refractivity contribution < 1.29 is 23.8 Å². The van der Waals surface area contributed by atoms with Crippen LogP contribution in [0.2, 0.25) is 0 Å². The lowest BCUT2D eigenvalue weighted by Gasteiger charge is -2.45. The number of benzene rings is 1. The van der Waals surface area contributed by atoms with Crippen LogP contribution in [-0.2, 0) is 9.47 Å². The van der Waals surface area contributed by atoms with Gasteiger partial charge >= 0.3 is 12.1 Å². The van der Waals surface area contributed by atoms with Crippen molar-refractivity contribution in [1.29, 1.82) is 0 Å². The molecule has 0 spiro atoms. The van der Waals surface area contributed by atoms with Gasteiger partial charge in [-0.1, -0.05) is 26.8 Å². The molecule has 1 amide bonds. The molecule has 1 heterocycles. The summed E-state index contributed by atoms with van der Waals surface area (Å²) in [6.45, 7) is 7.05. The van der Waals surface area contributed by atoms with Crippen LogP contribution in [0.4, 0.5) is 4.79 Å². The third-order valence-electron chi connectivity index (χ3n) is 5.11. The highest BCUT2D eigenvalue weighted by atomic mass is 16.5. The van der Waals surface area contributed by atoms with E-state index in [1.165, 1.54) is 14.2 Å². The second-order valence-electron chi connectivity index (χ2n) is 7.72.